The summed E-state index contributed by atoms with van der Waals surface area (Å²) in [6, 6.07) is 5.72. The van der Waals surface area contributed by atoms with Gasteiger partial charge in [0.15, 0.2) is 5.69 Å². The minimum absolute atomic E-state index is 0.0484. The first-order valence-electron chi connectivity index (χ1n) is 7.08. The number of hydrogen-bond donors (Lipinski definition) is 1. The van der Waals surface area contributed by atoms with Crippen molar-refractivity contribution in [2.75, 3.05) is 7.11 Å². The van der Waals surface area contributed by atoms with Crippen molar-refractivity contribution in [2.24, 2.45) is 7.05 Å². The van der Waals surface area contributed by atoms with Gasteiger partial charge in [0.1, 0.15) is 5.75 Å². The van der Waals surface area contributed by atoms with Gasteiger partial charge in [-0.05, 0) is 48.9 Å². The molecule has 1 aliphatic carbocycles. The fourth-order valence-corrected chi connectivity index (χ4v) is 3.05. The highest BCUT2D eigenvalue weighted by Gasteiger charge is 2.21. The fourth-order valence-electron chi connectivity index (χ4n) is 3.05. The lowest BCUT2D eigenvalue weighted by Crippen LogP contribution is -2.06. The second kappa shape index (κ2) is 5.24. The molecular weight excluding hydrogens is 268 g/mol. The van der Waals surface area contributed by atoms with Gasteiger partial charge in [0.25, 0.3) is 0 Å². The molecule has 0 saturated heterocycles. The Hall–Kier alpha value is -2.30. The van der Waals surface area contributed by atoms with Gasteiger partial charge in [-0.1, -0.05) is 6.07 Å². The normalized spacial score (nSPS) is 13.8. The Labute approximate surface area is 123 Å². The summed E-state index contributed by atoms with van der Waals surface area (Å²) in [7, 11) is 3.42. The SMILES string of the molecule is COc1c(-c2cc(C(=O)O)nn2C)ccc2c1CCCC2. The molecule has 5 nitrogen and oxygen atoms in total. The van der Waals surface area contributed by atoms with Crippen LogP contribution in [0.15, 0.2) is 18.2 Å². The topological polar surface area (TPSA) is 64.3 Å². The number of aromatic nitrogens is 2. The number of carboxylic acids is 1. The smallest absolute Gasteiger partial charge is 0.356 e. The molecule has 0 bridgehead atoms. The molecule has 1 aromatic carbocycles. The molecule has 0 radical (unpaired) electrons. The summed E-state index contributed by atoms with van der Waals surface area (Å²) >= 11 is 0. The van der Waals surface area contributed by atoms with E-state index in [0.717, 1.165) is 29.8 Å². The summed E-state index contributed by atoms with van der Waals surface area (Å²) < 4.78 is 7.23. The predicted molar refractivity (Wildman–Crippen MR) is 78.8 cm³/mol. The van der Waals surface area contributed by atoms with Crippen LogP contribution in [0.2, 0.25) is 0 Å². The van der Waals surface area contributed by atoms with E-state index in [-0.39, 0.29) is 5.69 Å². The molecule has 0 fully saturated rings. The second-order valence-electron chi connectivity index (χ2n) is 5.33. The molecule has 0 unspecified atom stereocenters. The minimum Gasteiger partial charge on any atom is -0.496 e. The van der Waals surface area contributed by atoms with Gasteiger partial charge in [-0.25, -0.2) is 4.79 Å². The maximum atomic E-state index is 11.1. The lowest BCUT2D eigenvalue weighted by molar-refractivity contribution is 0.0689. The maximum Gasteiger partial charge on any atom is 0.356 e. The average molecular weight is 286 g/mol. The van der Waals surface area contributed by atoms with E-state index in [1.807, 2.05) is 6.07 Å². The molecule has 0 atom stereocenters. The number of methoxy groups -OCH3 is 1. The number of rotatable bonds is 3. The first-order valence-corrected chi connectivity index (χ1v) is 7.08. The van der Waals surface area contributed by atoms with Crippen LogP contribution in [0.1, 0.15) is 34.5 Å². The van der Waals surface area contributed by atoms with Crippen molar-refractivity contribution in [3.8, 4) is 17.0 Å². The van der Waals surface area contributed by atoms with Gasteiger partial charge in [-0.2, -0.15) is 5.10 Å². The third-order valence-corrected chi connectivity index (χ3v) is 4.06. The van der Waals surface area contributed by atoms with Crippen molar-refractivity contribution in [3.05, 3.63) is 35.0 Å². The molecule has 21 heavy (non-hydrogen) atoms. The van der Waals surface area contributed by atoms with Crippen molar-refractivity contribution in [1.82, 2.24) is 9.78 Å². The zero-order chi connectivity index (χ0) is 15.0. The summed E-state index contributed by atoms with van der Waals surface area (Å²) in [5, 5.41) is 13.1. The molecule has 3 rings (SSSR count). The maximum absolute atomic E-state index is 11.1. The number of aromatic carboxylic acids is 1. The number of benzene rings is 1. The molecule has 1 aromatic heterocycles. The van der Waals surface area contributed by atoms with Crippen molar-refractivity contribution in [3.63, 3.8) is 0 Å². The number of carboxylic acid groups (broad SMARTS) is 1. The van der Waals surface area contributed by atoms with E-state index in [9.17, 15) is 4.79 Å². The van der Waals surface area contributed by atoms with Gasteiger partial charge < -0.3 is 9.84 Å². The van der Waals surface area contributed by atoms with E-state index in [0.29, 0.717) is 0 Å². The van der Waals surface area contributed by atoms with Gasteiger partial charge in [0.05, 0.1) is 12.8 Å². The van der Waals surface area contributed by atoms with Crippen LogP contribution < -0.4 is 4.74 Å². The summed E-state index contributed by atoms with van der Waals surface area (Å²) in [6.45, 7) is 0. The van der Waals surface area contributed by atoms with E-state index >= 15 is 0 Å². The highest BCUT2D eigenvalue weighted by Crippen LogP contribution is 2.38. The molecule has 1 N–H and O–H groups in total. The summed E-state index contributed by atoms with van der Waals surface area (Å²) in [5.74, 6) is -0.166. The van der Waals surface area contributed by atoms with Crippen LogP contribution in [-0.4, -0.2) is 28.0 Å². The Morgan fingerprint density at radius 3 is 2.76 bits per heavy atom. The summed E-state index contributed by atoms with van der Waals surface area (Å²) in [4.78, 5) is 11.1. The van der Waals surface area contributed by atoms with Crippen LogP contribution >= 0.6 is 0 Å². The van der Waals surface area contributed by atoms with Gasteiger partial charge in [-0.15, -0.1) is 0 Å². The molecule has 5 heteroatoms. The second-order valence-corrected chi connectivity index (χ2v) is 5.33. The lowest BCUT2D eigenvalue weighted by Gasteiger charge is -2.21. The Balaban J connectivity index is 2.16. The molecule has 0 saturated carbocycles. The quantitative estimate of drug-likeness (QED) is 0.942. The van der Waals surface area contributed by atoms with Crippen LogP contribution in [-0.2, 0) is 19.9 Å². The third-order valence-electron chi connectivity index (χ3n) is 4.06. The Kier molecular flexibility index (Phi) is 3.41. The average Bonchev–Trinajstić information content (AvgIpc) is 2.88. The van der Waals surface area contributed by atoms with E-state index in [1.54, 1.807) is 24.9 Å². The largest absolute Gasteiger partial charge is 0.496 e. The zero-order valence-corrected chi connectivity index (χ0v) is 12.2. The van der Waals surface area contributed by atoms with Crippen molar-refractivity contribution in [1.29, 1.82) is 0 Å². The number of fused-ring (bicyclic) bond motifs is 1. The van der Waals surface area contributed by atoms with Gasteiger partial charge in [-0.3, -0.25) is 4.68 Å². The van der Waals surface area contributed by atoms with Crippen molar-refractivity contribution in [2.45, 2.75) is 25.7 Å². The molecule has 0 spiro atoms. The van der Waals surface area contributed by atoms with Gasteiger partial charge in [0.2, 0.25) is 0 Å². The van der Waals surface area contributed by atoms with Crippen LogP contribution in [0, 0.1) is 0 Å². The lowest BCUT2D eigenvalue weighted by atomic mass is 9.88. The first kappa shape index (κ1) is 13.7. The first-order chi connectivity index (χ1) is 10.1. The molecule has 0 amide bonds. The number of aryl methyl sites for hydroxylation is 2. The van der Waals surface area contributed by atoms with Crippen molar-refractivity contribution >= 4 is 5.97 Å². The van der Waals surface area contributed by atoms with E-state index in [2.05, 4.69) is 11.2 Å². The predicted octanol–water partition coefficient (Wildman–Crippen LogP) is 2.67. The number of nitrogens with zero attached hydrogens (tertiary/aromatic N) is 2. The Bertz CT molecular complexity index is 704. The van der Waals surface area contributed by atoms with E-state index < -0.39 is 5.97 Å². The highest BCUT2D eigenvalue weighted by atomic mass is 16.5. The van der Waals surface area contributed by atoms with Crippen LogP contribution in [0.5, 0.6) is 5.75 Å². The monoisotopic (exact) mass is 286 g/mol. The van der Waals surface area contributed by atoms with E-state index in [1.165, 1.54) is 24.0 Å². The minimum atomic E-state index is -1.02. The number of hydrogen-bond acceptors (Lipinski definition) is 3. The molecule has 0 aliphatic heterocycles. The third kappa shape index (κ3) is 2.28. The van der Waals surface area contributed by atoms with Crippen molar-refractivity contribution < 1.29 is 14.6 Å². The van der Waals surface area contributed by atoms with Gasteiger partial charge in [0, 0.05) is 12.6 Å². The summed E-state index contributed by atoms with van der Waals surface area (Å²) in [6.07, 6.45) is 4.47. The van der Waals surface area contributed by atoms with Gasteiger partial charge >= 0.3 is 5.97 Å². The highest BCUT2D eigenvalue weighted by molar-refractivity contribution is 5.87. The summed E-state index contributed by atoms with van der Waals surface area (Å²) in [5.41, 5.74) is 4.30. The van der Waals surface area contributed by atoms with Crippen LogP contribution in [0.3, 0.4) is 0 Å². The number of carbonyl (C=O) groups is 1. The van der Waals surface area contributed by atoms with Crippen LogP contribution in [0.25, 0.3) is 11.3 Å². The zero-order valence-electron chi connectivity index (χ0n) is 12.2. The Morgan fingerprint density at radius 1 is 1.33 bits per heavy atom. The van der Waals surface area contributed by atoms with Crippen LogP contribution in [0.4, 0.5) is 0 Å². The Morgan fingerprint density at radius 2 is 2.10 bits per heavy atom. The molecule has 2 aromatic rings. The van der Waals surface area contributed by atoms with E-state index in [4.69, 9.17) is 9.84 Å². The molecule has 1 aliphatic rings. The molecular formula is C16H18N2O3. The molecule has 1 heterocycles. The number of ether oxygens (including phenoxy) is 1. The molecule has 110 valence electrons. The fraction of sp³-hybridized carbons (Fsp3) is 0.375. The standard InChI is InChI=1S/C16H18N2O3/c1-18-14(9-13(17-18)16(19)20)12-8-7-10-5-3-4-6-11(10)15(12)21-2/h7-9H,3-6H2,1-2H3,(H,19,20).